The molecule has 1 aromatic carbocycles. The Bertz CT molecular complexity index is 550. The summed E-state index contributed by atoms with van der Waals surface area (Å²) in [7, 11) is -3.25. The summed E-state index contributed by atoms with van der Waals surface area (Å²) in [6, 6.07) is 5.28. The van der Waals surface area contributed by atoms with Crippen LogP contribution in [0.4, 0.5) is 10.1 Å². The molecule has 1 amide bonds. The number of rotatable bonds is 6. The number of halogens is 1. The number of hydrogen-bond donors (Lipinski definition) is 1. The predicted octanol–water partition coefficient (Wildman–Crippen LogP) is 2.15. The van der Waals surface area contributed by atoms with Crippen LogP contribution in [0, 0.1) is 5.82 Å². The van der Waals surface area contributed by atoms with E-state index in [4.69, 9.17) is 0 Å². The molecule has 0 atom stereocenters. The van der Waals surface area contributed by atoms with Crippen LogP contribution in [0.15, 0.2) is 36.4 Å². The van der Waals surface area contributed by atoms with E-state index in [1.54, 1.807) is 13.0 Å². The average molecular weight is 285 g/mol. The van der Waals surface area contributed by atoms with Gasteiger partial charge in [0.25, 0.3) is 0 Å². The van der Waals surface area contributed by atoms with Crippen molar-refractivity contribution in [2.45, 2.75) is 13.3 Å². The van der Waals surface area contributed by atoms with Gasteiger partial charge in [0.2, 0.25) is 5.91 Å². The largest absolute Gasteiger partial charge is 0.326 e. The summed E-state index contributed by atoms with van der Waals surface area (Å²) in [5.74, 6) is -1.07. The van der Waals surface area contributed by atoms with Crippen LogP contribution in [0.2, 0.25) is 0 Å². The summed E-state index contributed by atoms with van der Waals surface area (Å²) < 4.78 is 35.7. The Labute approximate surface area is 112 Å². The number of hydrogen-bond acceptors (Lipinski definition) is 3. The molecule has 1 N–H and O–H groups in total. The summed E-state index contributed by atoms with van der Waals surface area (Å²) in [5, 5.41) is 2.51. The number of benzene rings is 1. The first-order chi connectivity index (χ1) is 8.93. The quantitative estimate of drug-likeness (QED) is 0.815. The van der Waals surface area contributed by atoms with E-state index in [1.807, 2.05) is 0 Å². The van der Waals surface area contributed by atoms with Gasteiger partial charge in [0.15, 0.2) is 9.84 Å². The fourth-order valence-electron chi connectivity index (χ4n) is 1.33. The molecule has 1 rings (SSSR count). The minimum atomic E-state index is -3.25. The molecule has 1 aromatic rings. The molecule has 0 bridgehead atoms. The summed E-state index contributed by atoms with van der Waals surface area (Å²) >= 11 is 0. The maximum Gasteiger partial charge on any atom is 0.225 e. The van der Waals surface area contributed by atoms with Gasteiger partial charge in [-0.25, -0.2) is 12.8 Å². The topological polar surface area (TPSA) is 63.2 Å². The monoisotopic (exact) mass is 285 g/mol. The number of sulfone groups is 1. The van der Waals surface area contributed by atoms with Gasteiger partial charge in [-0.05, 0) is 31.2 Å². The highest BCUT2D eigenvalue weighted by Gasteiger charge is 2.12. The Morgan fingerprint density at radius 2 is 1.95 bits per heavy atom. The summed E-state index contributed by atoms with van der Waals surface area (Å²) in [4.78, 5) is 11.5. The van der Waals surface area contributed by atoms with Crippen LogP contribution < -0.4 is 5.32 Å². The zero-order valence-corrected chi connectivity index (χ0v) is 11.4. The van der Waals surface area contributed by atoms with Gasteiger partial charge < -0.3 is 5.32 Å². The first-order valence-corrected chi connectivity index (χ1v) is 7.62. The fraction of sp³-hybridized carbons (Fsp3) is 0.308. The van der Waals surface area contributed by atoms with E-state index in [0.29, 0.717) is 5.69 Å². The Hall–Kier alpha value is -1.69. The molecule has 0 heterocycles. The molecule has 4 nitrogen and oxygen atoms in total. The van der Waals surface area contributed by atoms with Crippen LogP contribution in [0.3, 0.4) is 0 Å². The molecule has 104 valence electrons. The number of carbonyl (C=O) groups is 1. The Morgan fingerprint density at radius 3 is 2.53 bits per heavy atom. The van der Waals surface area contributed by atoms with E-state index in [9.17, 15) is 17.6 Å². The molecule has 6 heteroatoms. The Morgan fingerprint density at radius 1 is 1.32 bits per heavy atom. The van der Waals surface area contributed by atoms with Crippen molar-refractivity contribution in [1.82, 2.24) is 0 Å². The average Bonchev–Trinajstić information content (AvgIpc) is 2.37. The SMILES string of the molecule is C/C=C\CS(=O)(=O)CCC(=O)Nc1ccc(F)cc1. The van der Waals surface area contributed by atoms with Crippen LogP contribution >= 0.6 is 0 Å². The van der Waals surface area contributed by atoms with Crippen LogP contribution in [0.25, 0.3) is 0 Å². The van der Waals surface area contributed by atoms with Gasteiger partial charge in [0.1, 0.15) is 5.82 Å². The minimum Gasteiger partial charge on any atom is -0.326 e. The number of anilines is 1. The number of carbonyl (C=O) groups excluding carboxylic acids is 1. The van der Waals surface area contributed by atoms with Crippen LogP contribution in [0.5, 0.6) is 0 Å². The van der Waals surface area contributed by atoms with E-state index in [1.165, 1.54) is 30.3 Å². The predicted molar refractivity (Wildman–Crippen MR) is 73.1 cm³/mol. The molecular formula is C13H16FNO3S. The molecule has 0 fully saturated rings. The summed E-state index contributed by atoms with van der Waals surface area (Å²) in [6.07, 6.45) is 3.07. The second-order valence-corrected chi connectivity index (χ2v) is 6.22. The van der Waals surface area contributed by atoms with Gasteiger partial charge in [-0.3, -0.25) is 4.79 Å². The minimum absolute atomic E-state index is 0.0622. The first-order valence-electron chi connectivity index (χ1n) is 5.80. The molecule has 0 aromatic heterocycles. The molecule has 0 radical (unpaired) electrons. The fourth-order valence-corrected chi connectivity index (χ4v) is 2.48. The molecule has 0 aliphatic carbocycles. The van der Waals surface area contributed by atoms with E-state index in [-0.39, 0.29) is 17.9 Å². The lowest BCUT2D eigenvalue weighted by atomic mass is 10.3. The van der Waals surface area contributed by atoms with Gasteiger partial charge in [-0.2, -0.15) is 0 Å². The van der Waals surface area contributed by atoms with Crippen molar-refractivity contribution in [3.63, 3.8) is 0 Å². The Balaban J connectivity index is 2.46. The molecule has 0 aliphatic rings. The van der Waals surface area contributed by atoms with Crippen molar-refractivity contribution >= 4 is 21.4 Å². The number of allylic oxidation sites excluding steroid dienone is 1. The third kappa shape index (κ3) is 6.15. The smallest absolute Gasteiger partial charge is 0.225 e. The van der Waals surface area contributed by atoms with E-state index >= 15 is 0 Å². The zero-order chi connectivity index (χ0) is 14.3. The third-order valence-electron chi connectivity index (χ3n) is 2.35. The van der Waals surface area contributed by atoms with Crippen LogP contribution in [-0.4, -0.2) is 25.8 Å². The Kier molecular flexibility index (Phi) is 5.69. The highest BCUT2D eigenvalue weighted by atomic mass is 32.2. The van der Waals surface area contributed by atoms with Crippen LogP contribution in [-0.2, 0) is 14.6 Å². The molecule has 0 spiro atoms. The second-order valence-electron chi connectivity index (χ2n) is 3.99. The van der Waals surface area contributed by atoms with Crippen molar-refractivity contribution < 1.29 is 17.6 Å². The zero-order valence-electron chi connectivity index (χ0n) is 10.6. The maximum absolute atomic E-state index is 12.6. The number of nitrogens with one attached hydrogen (secondary N) is 1. The lowest BCUT2D eigenvalue weighted by molar-refractivity contribution is -0.115. The van der Waals surface area contributed by atoms with Crippen molar-refractivity contribution in [2.24, 2.45) is 0 Å². The second kappa shape index (κ2) is 7.04. The molecule has 0 saturated carbocycles. The lowest BCUT2D eigenvalue weighted by Crippen LogP contribution is -2.18. The summed E-state index contributed by atoms with van der Waals surface area (Å²) in [6.45, 7) is 1.73. The highest BCUT2D eigenvalue weighted by molar-refractivity contribution is 7.91. The first kappa shape index (κ1) is 15.4. The third-order valence-corrected chi connectivity index (χ3v) is 3.88. The molecular weight excluding hydrogens is 269 g/mol. The van der Waals surface area contributed by atoms with Crippen molar-refractivity contribution in [2.75, 3.05) is 16.8 Å². The van der Waals surface area contributed by atoms with Gasteiger partial charge in [-0.15, -0.1) is 0 Å². The van der Waals surface area contributed by atoms with E-state index in [2.05, 4.69) is 5.32 Å². The number of amides is 1. The standard InChI is InChI=1S/C13H16FNO3S/c1-2-3-9-19(17,18)10-8-13(16)15-12-6-4-11(14)5-7-12/h2-7H,8-10H2,1H3,(H,15,16)/b3-2-. The maximum atomic E-state index is 12.6. The summed E-state index contributed by atoms with van der Waals surface area (Å²) in [5.41, 5.74) is 0.442. The van der Waals surface area contributed by atoms with Crippen molar-refractivity contribution in [1.29, 1.82) is 0 Å². The van der Waals surface area contributed by atoms with Gasteiger partial charge in [0.05, 0.1) is 11.5 Å². The molecule has 0 saturated heterocycles. The lowest BCUT2D eigenvalue weighted by Gasteiger charge is -2.05. The molecule has 19 heavy (non-hydrogen) atoms. The van der Waals surface area contributed by atoms with Crippen LogP contribution in [0.1, 0.15) is 13.3 Å². The van der Waals surface area contributed by atoms with E-state index in [0.717, 1.165) is 0 Å². The van der Waals surface area contributed by atoms with E-state index < -0.39 is 21.6 Å². The van der Waals surface area contributed by atoms with Crippen molar-refractivity contribution in [3.05, 3.63) is 42.2 Å². The van der Waals surface area contributed by atoms with Gasteiger partial charge >= 0.3 is 0 Å². The molecule has 0 aliphatic heterocycles. The highest BCUT2D eigenvalue weighted by Crippen LogP contribution is 2.08. The van der Waals surface area contributed by atoms with Gasteiger partial charge in [0, 0.05) is 12.1 Å². The normalized spacial score (nSPS) is 11.7. The van der Waals surface area contributed by atoms with Crippen molar-refractivity contribution in [3.8, 4) is 0 Å². The van der Waals surface area contributed by atoms with Gasteiger partial charge in [-0.1, -0.05) is 12.2 Å². The molecule has 0 unspecified atom stereocenters.